The lowest BCUT2D eigenvalue weighted by Gasteiger charge is -2.22. The first-order valence-corrected chi connectivity index (χ1v) is 15.9. The van der Waals surface area contributed by atoms with E-state index in [1.807, 2.05) is 11.8 Å². The summed E-state index contributed by atoms with van der Waals surface area (Å²) < 4.78 is 0. The third-order valence-corrected chi connectivity index (χ3v) is 8.01. The Hall–Kier alpha value is -2.03. The lowest BCUT2D eigenvalue weighted by Crippen LogP contribution is -2.25. The number of unbranched alkanes of at least 4 members (excludes halogenated alkanes) is 2. The van der Waals surface area contributed by atoms with Crippen molar-refractivity contribution in [3.05, 3.63) is 89.0 Å². The molecule has 0 atom stereocenters. The zero-order valence-electron chi connectivity index (χ0n) is 25.2. The van der Waals surface area contributed by atoms with E-state index in [4.69, 9.17) is 0 Å². The number of hydrogen-bond acceptors (Lipinski definition) is 2. The molecule has 0 radical (unpaired) electrons. The molecule has 2 aromatic carbocycles. The number of thioether (sulfide) groups is 1. The van der Waals surface area contributed by atoms with Crippen LogP contribution in [-0.2, 0) is 6.54 Å². The van der Waals surface area contributed by atoms with Gasteiger partial charge >= 0.3 is 0 Å². The number of hydrogen-bond donors (Lipinski definition) is 0. The Morgan fingerprint density at radius 1 is 0.737 bits per heavy atom. The van der Waals surface area contributed by atoms with Crippen LogP contribution in [0.5, 0.6) is 0 Å². The average molecular weight is 532 g/mol. The van der Waals surface area contributed by atoms with E-state index in [1.165, 1.54) is 83.5 Å². The highest BCUT2D eigenvalue weighted by molar-refractivity contribution is 7.99. The quantitative estimate of drug-likeness (QED) is 0.139. The van der Waals surface area contributed by atoms with Gasteiger partial charge in [-0.05, 0) is 102 Å². The summed E-state index contributed by atoms with van der Waals surface area (Å²) in [6, 6.07) is 18.2. The van der Waals surface area contributed by atoms with Crippen LogP contribution in [0, 0.1) is 0 Å². The van der Waals surface area contributed by atoms with Gasteiger partial charge in [-0.2, -0.15) is 0 Å². The fourth-order valence-electron chi connectivity index (χ4n) is 4.52. The van der Waals surface area contributed by atoms with Crippen molar-refractivity contribution in [2.45, 2.75) is 104 Å². The monoisotopic (exact) mass is 531 g/mol. The van der Waals surface area contributed by atoms with Crippen molar-refractivity contribution in [3.8, 4) is 11.1 Å². The van der Waals surface area contributed by atoms with Crippen molar-refractivity contribution in [2.75, 3.05) is 18.8 Å². The molecule has 0 aliphatic rings. The van der Waals surface area contributed by atoms with Crippen molar-refractivity contribution in [2.24, 2.45) is 0 Å². The Bertz CT molecular complexity index is 1000. The molecule has 0 aliphatic carbocycles. The minimum atomic E-state index is 1.02. The van der Waals surface area contributed by atoms with Crippen LogP contribution in [0.1, 0.15) is 98.5 Å². The predicted molar refractivity (Wildman–Crippen MR) is 173 cm³/mol. The topological polar surface area (TPSA) is 3.24 Å². The molecular weight excluding hydrogens is 478 g/mol. The summed E-state index contributed by atoms with van der Waals surface area (Å²) >= 11 is 1.95. The minimum absolute atomic E-state index is 1.02. The molecule has 0 saturated heterocycles. The lowest BCUT2D eigenvalue weighted by molar-refractivity contribution is 0.257. The van der Waals surface area contributed by atoms with Gasteiger partial charge in [0.15, 0.2) is 0 Å². The predicted octanol–water partition coefficient (Wildman–Crippen LogP) is 11.3. The summed E-state index contributed by atoms with van der Waals surface area (Å²) in [5, 5.41) is 0. The first-order valence-electron chi connectivity index (χ1n) is 14.9. The Labute approximate surface area is 239 Å². The van der Waals surface area contributed by atoms with E-state index in [2.05, 4.69) is 113 Å². The van der Waals surface area contributed by atoms with Gasteiger partial charge in [0.2, 0.25) is 0 Å². The van der Waals surface area contributed by atoms with Crippen LogP contribution in [0.2, 0.25) is 0 Å². The first-order chi connectivity index (χ1) is 18.4. The van der Waals surface area contributed by atoms with Crippen LogP contribution >= 0.6 is 11.8 Å². The molecule has 0 saturated carbocycles. The van der Waals surface area contributed by atoms with Gasteiger partial charge in [-0.3, -0.25) is 4.90 Å². The highest BCUT2D eigenvalue weighted by atomic mass is 32.2. The summed E-state index contributed by atoms with van der Waals surface area (Å²) in [4.78, 5) is 3.99. The van der Waals surface area contributed by atoms with E-state index < -0.39 is 0 Å². The molecule has 2 rings (SSSR count). The maximum Gasteiger partial charge on any atom is 0.0233 e. The Kier molecular flexibility index (Phi) is 16.2. The molecule has 208 valence electrons. The van der Waals surface area contributed by atoms with Gasteiger partial charge < -0.3 is 0 Å². The normalized spacial score (nSPS) is 12.3. The fraction of sp³-hybridized carbons (Fsp3) is 0.500. The first kappa shape index (κ1) is 32.2. The number of benzene rings is 2. The molecule has 0 spiro atoms. The van der Waals surface area contributed by atoms with E-state index in [0.29, 0.717) is 0 Å². The van der Waals surface area contributed by atoms with Crippen LogP contribution in [-0.4, -0.2) is 23.7 Å². The number of nitrogens with zero attached hydrogens (tertiary/aromatic N) is 1. The van der Waals surface area contributed by atoms with Crippen LogP contribution < -0.4 is 0 Å². The molecule has 0 aliphatic heterocycles. The third kappa shape index (κ3) is 13.2. The largest absolute Gasteiger partial charge is 0.299 e. The molecule has 0 fully saturated rings. The average Bonchev–Trinajstić information content (AvgIpc) is 2.90. The van der Waals surface area contributed by atoms with Crippen molar-refractivity contribution < 1.29 is 0 Å². The molecule has 0 unspecified atom stereocenters. The van der Waals surface area contributed by atoms with E-state index in [1.54, 1.807) is 0 Å². The van der Waals surface area contributed by atoms with Crippen LogP contribution in [0.4, 0.5) is 0 Å². The molecule has 38 heavy (non-hydrogen) atoms. The molecular formula is C36H53NS. The zero-order valence-corrected chi connectivity index (χ0v) is 26.0. The molecule has 0 bridgehead atoms. The molecule has 2 aromatic rings. The summed E-state index contributed by atoms with van der Waals surface area (Å²) in [6.07, 6.45) is 16.9. The maximum absolute atomic E-state index is 2.63. The Balaban J connectivity index is 1.92. The Morgan fingerprint density at radius 2 is 1.34 bits per heavy atom. The minimum Gasteiger partial charge on any atom is -0.299 e. The van der Waals surface area contributed by atoms with Gasteiger partial charge in [-0.25, -0.2) is 0 Å². The standard InChI is InChI=1S/C36H53NS/c1-7-9-26-37(27-10-8-2)29-33-21-23-34(24-22-33)35-19-11-12-20-36(35)38-28-25-32(6)18-14-17-31(5)16-13-15-30(3)4/h11-12,15,17,19-25H,7-10,13-14,16,18,26-29H2,1-6H3/b31-17+,32-25+. The molecule has 2 heteroatoms. The summed E-state index contributed by atoms with van der Waals surface area (Å²) in [7, 11) is 0. The second-order valence-corrected chi connectivity index (χ2v) is 12.0. The second kappa shape index (κ2) is 19.1. The highest BCUT2D eigenvalue weighted by Gasteiger charge is 2.08. The van der Waals surface area contributed by atoms with Gasteiger partial charge in [0.25, 0.3) is 0 Å². The van der Waals surface area contributed by atoms with Gasteiger partial charge in [-0.1, -0.05) is 104 Å². The van der Waals surface area contributed by atoms with Crippen molar-refractivity contribution in [3.63, 3.8) is 0 Å². The molecule has 0 amide bonds. The zero-order chi connectivity index (χ0) is 27.6. The van der Waals surface area contributed by atoms with Crippen LogP contribution in [0.25, 0.3) is 11.1 Å². The second-order valence-electron chi connectivity index (χ2n) is 10.9. The van der Waals surface area contributed by atoms with Crippen molar-refractivity contribution in [1.29, 1.82) is 0 Å². The van der Waals surface area contributed by atoms with Crippen LogP contribution in [0.15, 0.2) is 88.4 Å². The van der Waals surface area contributed by atoms with Gasteiger partial charge in [0.05, 0.1) is 0 Å². The molecule has 1 nitrogen and oxygen atoms in total. The van der Waals surface area contributed by atoms with E-state index >= 15 is 0 Å². The molecule has 0 heterocycles. The van der Waals surface area contributed by atoms with Gasteiger partial charge in [0, 0.05) is 17.2 Å². The fourth-order valence-corrected chi connectivity index (χ4v) is 5.59. The lowest BCUT2D eigenvalue weighted by atomic mass is 10.0. The number of allylic oxidation sites excluding steroid dienone is 5. The highest BCUT2D eigenvalue weighted by Crippen LogP contribution is 2.32. The van der Waals surface area contributed by atoms with E-state index in [0.717, 1.165) is 31.6 Å². The SMILES string of the molecule is CCCCN(CCCC)Cc1ccc(-c2ccccc2SC/C=C(\C)CC/C=C(\C)CCC=C(C)C)cc1. The summed E-state index contributed by atoms with van der Waals surface area (Å²) in [6.45, 7) is 16.9. The smallest absolute Gasteiger partial charge is 0.0233 e. The maximum atomic E-state index is 2.63. The van der Waals surface area contributed by atoms with Gasteiger partial charge in [-0.15, -0.1) is 11.8 Å². The molecule has 0 N–H and O–H groups in total. The van der Waals surface area contributed by atoms with Crippen molar-refractivity contribution in [1.82, 2.24) is 4.90 Å². The van der Waals surface area contributed by atoms with E-state index in [9.17, 15) is 0 Å². The number of rotatable bonds is 18. The van der Waals surface area contributed by atoms with Crippen molar-refractivity contribution >= 4 is 11.8 Å². The summed E-state index contributed by atoms with van der Waals surface area (Å²) in [5.41, 5.74) is 8.51. The summed E-state index contributed by atoms with van der Waals surface area (Å²) in [5.74, 6) is 1.02. The van der Waals surface area contributed by atoms with Crippen LogP contribution in [0.3, 0.4) is 0 Å². The van der Waals surface area contributed by atoms with E-state index in [-0.39, 0.29) is 0 Å². The molecule has 0 aromatic heterocycles. The third-order valence-electron chi connectivity index (χ3n) is 7.01. The van der Waals surface area contributed by atoms with Gasteiger partial charge in [0.1, 0.15) is 0 Å². The Morgan fingerprint density at radius 3 is 1.97 bits per heavy atom.